The van der Waals surface area contributed by atoms with Crippen LogP contribution >= 0.6 is 0 Å². The molecule has 0 unspecified atom stereocenters. The first-order chi connectivity index (χ1) is 7.03. The second-order valence-electron chi connectivity index (χ2n) is 2.93. The lowest BCUT2D eigenvalue weighted by Gasteiger charge is -2.24. The van der Waals surface area contributed by atoms with E-state index in [9.17, 15) is 9.59 Å². The molecule has 0 aromatic carbocycles. The highest BCUT2D eigenvalue weighted by Crippen LogP contribution is 2.14. The number of carboxylic acids is 2. The number of nitrogens with zero attached hydrogens (tertiary/aromatic N) is 1. The molecule has 0 spiro atoms. The van der Waals surface area contributed by atoms with Crippen molar-refractivity contribution in [3.63, 3.8) is 0 Å². The highest BCUT2D eigenvalue weighted by atomic mass is 16.7. The zero-order chi connectivity index (χ0) is 11.5. The van der Waals surface area contributed by atoms with Crippen LogP contribution in [0.25, 0.3) is 0 Å². The maximum atomic E-state index is 10.9. The summed E-state index contributed by atoms with van der Waals surface area (Å²) in [6, 6.07) is 3.20. The van der Waals surface area contributed by atoms with Crippen LogP contribution in [0.2, 0.25) is 0 Å². The minimum absolute atomic E-state index is 0.171. The SMILES string of the molecule is CCC(On1cccc1)(C(=O)O)C(=O)O. The van der Waals surface area contributed by atoms with Crippen LogP contribution < -0.4 is 4.84 Å². The van der Waals surface area contributed by atoms with Gasteiger partial charge in [-0.25, -0.2) is 9.59 Å². The first-order valence-electron chi connectivity index (χ1n) is 4.32. The van der Waals surface area contributed by atoms with Crippen molar-refractivity contribution in [1.82, 2.24) is 4.73 Å². The Morgan fingerprint density at radius 2 is 1.73 bits per heavy atom. The Morgan fingerprint density at radius 1 is 1.27 bits per heavy atom. The van der Waals surface area contributed by atoms with Gasteiger partial charge in [0, 0.05) is 18.8 Å². The average Bonchev–Trinajstić information content (AvgIpc) is 2.65. The van der Waals surface area contributed by atoms with Gasteiger partial charge in [0.15, 0.2) is 0 Å². The van der Waals surface area contributed by atoms with Crippen LogP contribution in [-0.2, 0) is 9.59 Å². The number of aromatic nitrogens is 1. The maximum Gasteiger partial charge on any atom is 0.362 e. The molecule has 1 aromatic heterocycles. The average molecular weight is 213 g/mol. The van der Waals surface area contributed by atoms with Crippen molar-refractivity contribution in [3.8, 4) is 0 Å². The molecule has 82 valence electrons. The summed E-state index contributed by atoms with van der Waals surface area (Å²) in [6.45, 7) is 1.44. The molecule has 1 aromatic rings. The summed E-state index contributed by atoms with van der Waals surface area (Å²) in [6.07, 6.45) is 2.68. The topological polar surface area (TPSA) is 88.8 Å². The van der Waals surface area contributed by atoms with E-state index in [2.05, 4.69) is 0 Å². The lowest BCUT2D eigenvalue weighted by molar-refractivity contribution is -0.184. The second kappa shape index (κ2) is 4.04. The molecule has 15 heavy (non-hydrogen) atoms. The Kier molecular flexibility index (Phi) is 2.99. The second-order valence-corrected chi connectivity index (χ2v) is 2.93. The summed E-state index contributed by atoms with van der Waals surface area (Å²) in [5, 5.41) is 17.7. The van der Waals surface area contributed by atoms with Crippen LogP contribution in [0.3, 0.4) is 0 Å². The molecule has 0 aliphatic carbocycles. The fraction of sp³-hybridized carbons (Fsp3) is 0.333. The molecule has 1 rings (SSSR count). The van der Waals surface area contributed by atoms with Crippen LogP contribution in [0.4, 0.5) is 0 Å². The molecule has 6 heteroatoms. The Hall–Kier alpha value is -1.98. The van der Waals surface area contributed by atoms with Gasteiger partial charge in [0.2, 0.25) is 0 Å². The number of carbonyl (C=O) groups is 2. The third-order valence-electron chi connectivity index (χ3n) is 2.03. The van der Waals surface area contributed by atoms with Gasteiger partial charge in [-0.1, -0.05) is 6.92 Å². The number of aliphatic carboxylic acids is 2. The molecule has 0 saturated heterocycles. The Bertz CT molecular complexity index is 343. The molecule has 0 radical (unpaired) electrons. The third kappa shape index (κ3) is 1.93. The number of hydrogen-bond acceptors (Lipinski definition) is 3. The normalized spacial score (nSPS) is 11.0. The monoisotopic (exact) mass is 213 g/mol. The molecule has 0 fully saturated rings. The minimum Gasteiger partial charge on any atom is -0.478 e. The summed E-state index contributed by atoms with van der Waals surface area (Å²) >= 11 is 0. The Balaban J connectivity index is 3.00. The smallest absolute Gasteiger partial charge is 0.362 e. The predicted octanol–water partition coefficient (Wildman–Crippen LogP) is 0.235. The number of rotatable bonds is 5. The van der Waals surface area contributed by atoms with Crippen LogP contribution in [0.1, 0.15) is 13.3 Å². The largest absolute Gasteiger partial charge is 0.478 e. The van der Waals surface area contributed by atoms with E-state index in [4.69, 9.17) is 15.1 Å². The molecule has 0 saturated carbocycles. The standard InChI is InChI=1S/C9H11NO5/c1-2-9(7(11)12,8(13)14)15-10-5-3-4-6-10/h3-6H,2H2,1H3,(H,11,12)(H,13,14). The Morgan fingerprint density at radius 3 is 2.07 bits per heavy atom. The van der Waals surface area contributed by atoms with E-state index < -0.39 is 17.5 Å². The first-order valence-corrected chi connectivity index (χ1v) is 4.32. The zero-order valence-electron chi connectivity index (χ0n) is 8.08. The van der Waals surface area contributed by atoms with Crippen molar-refractivity contribution >= 4 is 11.9 Å². The summed E-state index contributed by atoms with van der Waals surface area (Å²) < 4.78 is 1.06. The van der Waals surface area contributed by atoms with Gasteiger partial charge in [-0.15, -0.1) is 0 Å². The van der Waals surface area contributed by atoms with E-state index in [1.165, 1.54) is 19.3 Å². The van der Waals surface area contributed by atoms with Gasteiger partial charge in [0.1, 0.15) is 0 Å². The van der Waals surface area contributed by atoms with Crippen LogP contribution in [0.15, 0.2) is 24.5 Å². The van der Waals surface area contributed by atoms with Crippen molar-refractivity contribution < 1.29 is 24.6 Å². The lowest BCUT2D eigenvalue weighted by Crippen LogP contribution is -2.54. The summed E-state index contributed by atoms with van der Waals surface area (Å²) in [5.74, 6) is -3.04. The van der Waals surface area contributed by atoms with Crippen LogP contribution in [0, 0.1) is 0 Å². The van der Waals surface area contributed by atoms with Gasteiger partial charge in [-0.3, -0.25) is 0 Å². The molecular weight excluding hydrogens is 202 g/mol. The van der Waals surface area contributed by atoms with E-state index in [0.29, 0.717) is 0 Å². The zero-order valence-corrected chi connectivity index (χ0v) is 8.08. The minimum atomic E-state index is -2.24. The Labute approximate surface area is 85.7 Å². The maximum absolute atomic E-state index is 10.9. The fourth-order valence-corrected chi connectivity index (χ4v) is 1.10. The first kappa shape index (κ1) is 11.1. The van der Waals surface area contributed by atoms with Crippen LogP contribution in [0.5, 0.6) is 0 Å². The lowest BCUT2D eigenvalue weighted by atomic mass is 10.0. The van der Waals surface area contributed by atoms with E-state index in [0.717, 1.165) is 4.73 Å². The van der Waals surface area contributed by atoms with E-state index in [1.807, 2.05) is 0 Å². The quantitative estimate of drug-likeness (QED) is 0.683. The van der Waals surface area contributed by atoms with E-state index >= 15 is 0 Å². The third-order valence-corrected chi connectivity index (χ3v) is 2.03. The van der Waals surface area contributed by atoms with Gasteiger partial charge in [-0.2, -0.15) is 4.73 Å². The number of hydrogen-bond donors (Lipinski definition) is 2. The molecule has 0 aliphatic heterocycles. The summed E-state index contributed by atoms with van der Waals surface area (Å²) in [4.78, 5) is 26.7. The van der Waals surface area contributed by atoms with Crippen molar-refractivity contribution in [2.75, 3.05) is 0 Å². The van der Waals surface area contributed by atoms with Crippen molar-refractivity contribution in [2.24, 2.45) is 0 Å². The fourth-order valence-electron chi connectivity index (χ4n) is 1.10. The summed E-state index contributed by atoms with van der Waals surface area (Å²) in [5.41, 5.74) is -2.24. The van der Waals surface area contributed by atoms with E-state index in [-0.39, 0.29) is 6.42 Å². The highest BCUT2D eigenvalue weighted by Gasteiger charge is 2.49. The predicted molar refractivity (Wildman–Crippen MR) is 49.3 cm³/mol. The highest BCUT2D eigenvalue weighted by molar-refractivity contribution is 6.01. The van der Waals surface area contributed by atoms with Crippen LogP contribution in [-0.4, -0.2) is 32.5 Å². The molecule has 1 heterocycles. The van der Waals surface area contributed by atoms with Crippen molar-refractivity contribution in [3.05, 3.63) is 24.5 Å². The van der Waals surface area contributed by atoms with Crippen molar-refractivity contribution in [1.29, 1.82) is 0 Å². The molecule has 0 bridgehead atoms. The molecule has 0 atom stereocenters. The van der Waals surface area contributed by atoms with E-state index in [1.54, 1.807) is 12.1 Å². The van der Waals surface area contributed by atoms with Crippen molar-refractivity contribution in [2.45, 2.75) is 18.9 Å². The number of carboxylic acid groups (broad SMARTS) is 2. The van der Waals surface area contributed by atoms with Gasteiger partial charge in [0.05, 0.1) is 0 Å². The summed E-state index contributed by atoms with van der Waals surface area (Å²) in [7, 11) is 0. The van der Waals surface area contributed by atoms with Gasteiger partial charge in [-0.05, 0) is 12.1 Å². The molecular formula is C9H11NO5. The molecule has 6 nitrogen and oxygen atoms in total. The molecule has 0 aliphatic rings. The van der Waals surface area contributed by atoms with Gasteiger partial charge >= 0.3 is 17.5 Å². The molecule has 0 amide bonds. The van der Waals surface area contributed by atoms with Gasteiger partial charge < -0.3 is 15.1 Å². The molecule has 2 N–H and O–H groups in total. The van der Waals surface area contributed by atoms with Gasteiger partial charge in [0.25, 0.3) is 0 Å².